The van der Waals surface area contributed by atoms with Crippen molar-refractivity contribution in [2.24, 2.45) is 5.73 Å². The van der Waals surface area contributed by atoms with Gasteiger partial charge in [-0.25, -0.2) is 18.1 Å². The van der Waals surface area contributed by atoms with E-state index in [0.29, 0.717) is 12.1 Å². The maximum Gasteiger partial charge on any atom is 0.240 e. The highest BCUT2D eigenvalue weighted by Crippen LogP contribution is 2.18. The van der Waals surface area contributed by atoms with Gasteiger partial charge in [-0.3, -0.25) is 0 Å². The van der Waals surface area contributed by atoms with Gasteiger partial charge in [0.25, 0.3) is 0 Å². The van der Waals surface area contributed by atoms with Crippen molar-refractivity contribution in [3.63, 3.8) is 0 Å². The summed E-state index contributed by atoms with van der Waals surface area (Å²) in [6.07, 6.45) is 1.71. The third-order valence-corrected chi connectivity index (χ3v) is 5.58. The fraction of sp³-hybridized carbons (Fsp3) is 0.231. The van der Waals surface area contributed by atoms with Gasteiger partial charge in [0, 0.05) is 29.6 Å². The molecule has 0 aliphatic rings. The molecule has 5 nitrogen and oxygen atoms in total. The molecule has 1 atom stereocenters. The molecule has 0 saturated heterocycles. The molecule has 3 N–H and O–H groups in total. The molecular weight excluding hydrogens is 326 g/mol. The van der Waals surface area contributed by atoms with E-state index in [1.54, 1.807) is 18.3 Å². The van der Waals surface area contributed by atoms with Crippen molar-refractivity contribution in [2.75, 3.05) is 6.54 Å². The number of nitrogens with one attached hydrogen (secondary N) is 1. The Morgan fingerprint density at radius 3 is 2.62 bits per heavy atom. The first-order valence-corrected chi connectivity index (χ1v) is 8.96. The first-order chi connectivity index (χ1) is 9.90. The molecule has 1 unspecified atom stereocenters. The van der Waals surface area contributed by atoms with E-state index < -0.39 is 10.0 Å². The fourth-order valence-corrected chi connectivity index (χ4v) is 3.65. The lowest BCUT2D eigenvalue weighted by molar-refractivity contribution is 0.574. The number of rotatable bonds is 6. The molecule has 1 aromatic heterocycles. The minimum atomic E-state index is -3.55. The van der Waals surface area contributed by atoms with Gasteiger partial charge in [0.05, 0.1) is 9.90 Å². The van der Waals surface area contributed by atoms with E-state index in [0.717, 1.165) is 5.01 Å². The minimum absolute atomic E-state index is 0.0238. The fourth-order valence-electron chi connectivity index (χ4n) is 1.68. The van der Waals surface area contributed by atoms with Crippen LogP contribution in [0.2, 0.25) is 0 Å². The van der Waals surface area contributed by atoms with Crippen LogP contribution in [0.3, 0.4) is 0 Å². The second-order valence-corrected chi connectivity index (χ2v) is 7.64. The monoisotopic (exact) mass is 341 g/mol. The summed E-state index contributed by atoms with van der Waals surface area (Å²) in [5.74, 6) is 0.0238. The first-order valence-electron chi connectivity index (χ1n) is 6.19. The summed E-state index contributed by atoms with van der Waals surface area (Å²) in [5.41, 5.74) is 6.13. The lowest BCUT2D eigenvalue weighted by atomic mass is 10.2. The molecule has 0 amide bonds. The molecule has 0 radical (unpaired) electrons. The van der Waals surface area contributed by atoms with Crippen LogP contribution >= 0.6 is 23.6 Å². The van der Waals surface area contributed by atoms with E-state index >= 15 is 0 Å². The molecule has 1 aromatic carbocycles. The van der Waals surface area contributed by atoms with Gasteiger partial charge in [0.15, 0.2) is 0 Å². The first kappa shape index (κ1) is 16.0. The van der Waals surface area contributed by atoms with Crippen LogP contribution in [0, 0.1) is 0 Å². The molecule has 0 aliphatic carbocycles. The molecule has 0 saturated carbocycles. The Balaban J connectivity index is 2.06. The minimum Gasteiger partial charge on any atom is -0.389 e. The highest BCUT2D eigenvalue weighted by Gasteiger charge is 2.17. The summed E-state index contributed by atoms with van der Waals surface area (Å²) >= 11 is 6.35. The zero-order chi connectivity index (χ0) is 15.5. The summed E-state index contributed by atoms with van der Waals surface area (Å²) in [6.45, 7) is 2.23. The molecule has 0 fully saturated rings. The van der Waals surface area contributed by atoms with E-state index in [2.05, 4.69) is 9.71 Å². The van der Waals surface area contributed by atoms with Gasteiger partial charge in [-0.2, -0.15) is 0 Å². The SMILES string of the molecule is CC(CNS(=O)(=O)c1ccc(C(N)=S)cc1)c1nccs1. The molecule has 2 rings (SSSR count). The maximum atomic E-state index is 12.2. The zero-order valence-corrected chi connectivity index (χ0v) is 13.8. The predicted molar refractivity (Wildman–Crippen MR) is 88.0 cm³/mol. The topological polar surface area (TPSA) is 85.1 Å². The number of thiazole rings is 1. The number of hydrogen-bond donors (Lipinski definition) is 2. The van der Waals surface area contributed by atoms with Crippen molar-refractivity contribution in [2.45, 2.75) is 17.7 Å². The van der Waals surface area contributed by atoms with Crippen LogP contribution in [-0.2, 0) is 10.0 Å². The number of aromatic nitrogens is 1. The van der Waals surface area contributed by atoms with Crippen LogP contribution in [0.4, 0.5) is 0 Å². The third-order valence-electron chi connectivity index (χ3n) is 2.90. The van der Waals surface area contributed by atoms with Gasteiger partial charge in [-0.05, 0) is 12.1 Å². The van der Waals surface area contributed by atoms with Crippen LogP contribution in [0.15, 0.2) is 40.7 Å². The second kappa shape index (κ2) is 6.61. The summed E-state index contributed by atoms with van der Waals surface area (Å²) < 4.78 is 27.0. The molecule has 8 heteroatoms. The van der Waals surface area contributed by atoms with Gasteiger partial charge in [0.1, 0.15) is 4.99 Å². The van der Waals surface area contributed by atoms with Crippen LogP contribution in [0.25, 0.3) is 0 Å². The smallest absolute Gasteiger partial charge is 0.240 e. The van der Waals surface area contributed by atoms with Crippen molar-refractivity contribution >= 4 is 38.6 Å². The quantitative estimate of drug-likeness (QED) is 0.783. The normalized spacial score (nSPS) is 13.0. The van der Waals surface area contributed by atoms with E-state index in [-0.39, 0.29) is 15.8 Å². The maximum absolute atomic E-state index is 12.2. The van der Waals surface area contributed by atoms with E-state index in [9.17, 15) is 8.42 Å². The van der Waals surface area contributed by atoms with Gasteiger partial charge >= 0.3 is 0 Å². The Hall–Kier alpha value is -1.35. The number of hydrogen-bond acceptors (Lipinski definition) is 5. The Morgan fingerprint density at radius 1 is 1.43 bits per heavy atom. The Labute approximate surface area is 133 Å². The summed E-state index contributed by atoms with van der Waals surface area (Å²) in [5, 5.41) is 2.77. The van der Waals surface area contributed by atoms with Crippen molar-refractivity contribution < 1.29 is 8.42 Å². The van der Waals surface area contributed by atoms with Crippen LogP contribution in [-0.4, -0.2) is 24.9 Å². The van der Waals surface area contributed by atoms with E-state index in [1.807, 2.05) is 12.3 Å². The summed E-state index contributed by atoms with van der Waals surface area (Å²) in [6, 6.07) is 6.18. The van der Waals surface area contributed by atoms with Gasteiger partial charge < -0.3 is 5.73 Å². The number of sulfonamides is 1. The van der Waals surface area contributed by atoms with Crippen molar-refractivity contribution in [1.29, 1.82) is 0 Å². The number of benzene rings is 1. The molecule has 0 aliphatic heterocycles. The lowest BCUT2D eigenvalue weighted by Crippen LogP contribution is -2.27. The second-order valence-electron chi connectivity index (χ2n) is 4.51. The highest BCUT2D eigenvalue weighted by molar-refractivity contribution is 7.89. The lowest BCUT2D eigenvalue weighted by Gasteiger charge is -2.11. The van der Waals surface area contributed by atoms with Crippen LogP contribution in [0.5, 0.6) is 0 Å². The number of nitrogens with two attached hydrogens (primary N) is 1. The Bertz CT molecular complexity index is 710. The average molecular weight is 341 g/mol. The largest absolute Gasteiger partial charge is 0.389 e. The van der Waals surface area contributed by atoms with E-state index in [1.165, 1.54) is 23.5 Å². The van der Waals surface area contributed by atoms with Gasteiger partial charge in [-0.1, -0.05) is 31.3 Å². The molecule has 112 valence electrons. The zero-order valence-electron chi connectivity index (χ0n) is 11.3. The molecule has 21 heavy (non-hydrogen) atoms. The predicted octanol–water partition coefficient (Wildman–Crippen LogP) is 1.86. The van der Waals surface area contributed by atoms with Crippen molar-refractivity contribution in [1.82, 2.24) is 9.71 Å². The van der Waals surface area contributed by atoms with Crippen LogP contribution < -0.4 is 10.5 Å². The highest BCUT2D eigenvalue weighted by atomic mass is 32.2. The van der Waals surface area contributed by atoms with Gasteiger partial charge in [-0.15, -0.1) is 11.3 Å². The van der Waals surface area contributed by atoms with Gasteiger partial charge in [0.2, 0.25) is 10.0 Å². The molecule has 0 spiro atoms. The summed E-state index contributed by atoms with van der Waals surface area (Å²) in [4.78, 5) is 4.60. The molecule has 0 bridgehead atoms. The third kappa shape index (κ3) is 4.07. The van der Waals surface area contributed by atoms with E-state index in [4.69, 9.17) is 18.0 Å². The van der Waals surface area contributed by atoms with Crippen molar-refractivity contribution in [3.05, 3.63) is 46.4 Å². The summed E-state index contributed by atoms with van der Waals surface area (Å²) in [7, 11) is -3.55. The number of nitrogens with zero attached hydrogens (tertiary/aromatic N) is 1. The molecular formula is C13H15N3O2S3. The van der Waals surface area contributed by atoms with Crippen LogP contribution in [0.1, 0.15) is 23.4 Å². The average Bonchev–Trinajstić information content (AvgIpc) is 2.99. The Morgan fingerprint density at radius 2 is 2.10 bits per heavy atom. The molecule has 2 aromatic rings. The Kier molecular flexibility index (Phi) is 5.04. The standard InChI is InChI=1S/C13H15N3O2S3/c1-9(13-15-6-7-20-13)8-16-21(17,18)11-4-2-10(3-5-11)12(14)19/h2-7,9,16H,8H2,1H3,(H2,14,19). The number of thiocarbonyl (C=S) groups is 1. The van der Waals surface area contributed by atoms with Crippen molar-refractivity contribution in [3.8, 4) is 0 Å². The molecule has 1 heterocycles.